The first-order valence-electron chi connectivity index (χ1n) is 21.4. The van der Waals surface area contributed by atoms with Gasteiger partial charge in [-0.05, 0) is 148 Å². The molecule has 0 aromatic heterocycles. The fourth-order valence-electron chi connectivity index (χ4n) is 8.57. The summed E-state index contributed by atoms with van der Waals surface area (Å²) in [5, 5.41) is 9.97. The zero-order valence-electron chi connectivity index (χ0n) is 35.5. The Hall–Kier alpha value is -3.06. The number of likely N-dealkylation sites (tertiary alicyclic amines) is 3. The monoisotopic (exact) mass is 742 g/mol. The smallest absolute Gasteiger partial charge is 0.122 e. The lowest BCUT2D eigenvalue weighted by Gasteiger charge is -2.28. The molecule has 54 heavy (non-hydrogen) atoms. The average molecular weight is 742 g/mol. The van der Waals surface area contributed by atoms with Crippen molar-refractivity contribution < 1.29 is 14.6 Å². The van der Waals surface area contributed by atoms with E-state index in [1.165, 1.54) is 131 Å². The number of phenols is 1. The molecule has 3 aromatic rings. The van der Waals surface area contributed by atoms with Gasteiger partial charge in [-0.25, -0.2) is 0 Å². The quantitative estimate of drug-likeness (QED) is 0.199. The fraction of sp³-hybridized carbons (Fsp3) is 0.625. The summed E-state index contributed by atoms with van der Waals surface area (Å²) in [6, 6.07) is 19.0. The Morgan fingerprint density at radius 1 is 0.537 bits per heavy atom. The molecule has 300 valence electrons. The summed E-state index contributed by atoms with van der Waals surface area (Å²) < 4.78 is 11.0. The second-order valence-corrected chi connectivity index (χ2v) is 16.7. The number of rotatable bonds is 12. The van der Waals surface area contributed by atoms with Gasteiger partial charge in [-0.15, -0.1) is 0 Å². The van der Waals surface area contributed by atoms with E-state index in [-0.39, 0.29) is 0 Å². The van der Waals surface area contributed by atoms with Crippen LogP contribution >= 0.6 is 0 Å². The van der Waals surface area contributed by atoms with Gasteiger partial charge in [0.1, 0.15) is 17.2 Å². The molecular formula is C48H75N3O3. The van der Waals surface area contributed by atoms with Crippen molar-refractivity contribution in [1.29, 1.82) is 0 Å². The molecule has 6 rings (SSSR count). The molecule has 0 unspecified atom stereocenters. The van der Waals surface area contributed by atoms with Gasteiger partial charge >= 0.3 is 0 Å². The van der Waals surface area contributed by atoms with E-state index in [9.17, 15) is 5.11 Å². The molecule has 3 aromatic carbocycles. The number of aromatic hydroxyl groups is 1. The summed E-state index contributed by atoms with van der Waals surface area (Å²) in [4.78, 5) is 7.67. The van der Waals surface area contributed by atoms with Crippen LogP contribution in [-0.4, -0.2) is 79.8 Å². The normalized spacial score (nSPS) is 17.2. The molecule has 0 bridgehead atoms. The van der Waals surface area contributed by atoms with Gasteiger partial charge in [-0.1, -0.05) is 97.2 Å². The summed E-state index contributed by atoms with van der Waals surface area (Å²) in [7, 11) is 3.53. The van der Waals surface area contributed by atoms with Crippen LogP contribution in [-0.2, 0) is 19.5 Å². The molecule has 6 nitrogen and oxygen atoms in total. The first-order valence-corrected chi connectivity index (χ1v) is 21.4. The molecule has 0 aliphatic carbocycles. The van der Waals surface area contributed by atoms with Crippen LogP contribution in [0.5, 0.6) is 17.2 Å². The minimum Gasteiger partial charge on any atom is -0.508 e. The first kappa shape index (κ1) is 43.7. The number of ether oxygens (including phenoxy) is 2. The Bertz CT molecular complexity index is 1500. The molecule has 0 spiro atoms. The zero-order valence-corrected chi connectivity index (χ0v) is 35.5. The van der Waals surface area contributed by atoms with Crippen LogP contribution in [0.25, 0.3) is 0 Å². The summed E-state index contributed by atoms with van der Waals surface area (Å²) in [6.07, 6.45) is 13.4. The lowest BCUT2D eigenvalue weighted by Crippen LogP contribution is -2.31. The summed E-state index contributed by atoms with van der Waals surface area (Å²) in [5.74, 6) is 3.94. The van der Waals surface area contributed by atoms with E-state index in [4.69, 9.17) is 9.47 Å². The second kappa shape index (κ2) is 23.1. The van der Waals surface area contributed by atoms with Crippen LogP contribution in [0.3, 0.4) is 0 Å². The van der Waals surface area contributed by atoms with Gasteiger partial charge < -0.3 is 19.5 Å². The SMILES string of the molecule is CC(C)c1c(O)cccc1CN1CCCCC1.COc1ccc(CN2CCCCC2)cc1C(C)C.COc1cccc(CCN2CCCCC2)c1C(C)C. The first-order chi connectivity index (χ1) is 26.1. The van der Waals surface area contributed by atoms with Crippen LogP contribution in [0.15, 0.2) is 54.6 Å². The number of benzene rings is 3. The van der Waals surface area contributed by atoms with E-state index in [0.717, 1.165) is 36.6 Å². The van der Waals surface area contributed by atoms with Crippen LogP contribution in [0.1, 0.15) is 150 Å². The average Bonchev–Trinajstić information content (AvgIpc) is 3.18. The van der Waals surface area contributed by atoms with E-state index >= 15 is 0 Å². The highest BCUT2D eigenvalue weighted by Gasteiger charge is 2.18. The maximum absolute atomic E-state index is 9.97. The van der Waals surface area contributed by atoms with Crippen LogP contribution < -0.4 is 9.47 Å². The Morgan fingerprint density at radius 2 is 1.06 bits per heavy atom. The molecular weight excluding hydrogens is 667 g/mol. The summed E-state index contributed by atoms with van der Waals surface area (Å²) in [6.45, 7) is 24.0. The van der Waals surface area contributed by atoms with Crippen molar-refractivity contribution in [2.75, 3.05) is 60.0 Å². The van der Waals surface area contributed by atoms with Crippen molar-refractivity contribution >= 4 is 0 Å². The van der Waals surface area contributed by atoms with Crippen molar-refractivity contribution in [2.24, 2.45) is 0 Å². The number of hydrogen-bond acceptors (Lipinski definition) is 6. The predicted octanol–water partition coefficient (Wildman–Crippen LogP) is 11.2. The zero-order chi connectivity index (χ0) is 38.9. The number of piperidine rings is 3. The highest BCUT2D eigenvalue weighted by Crippen LogP contribution is 2.32. The third-order valence-electron chi connectivity index (χ3n) is 11.5. The molecule has 3 heterocycles. The van der Waals surface area contributed by atoms with Crippen molar-refractivity contribution in [3.63, 3.8) is 0 Å². The van der Waals surface area contributed by atoms with Crippen LogP contribution in [0.2, 0.25) is 0 Å². The minimum absolute atomic E-state index is 0.385. The standard InChI is InChI=1S/C17H27NO.C16H25NO.C15H23NO/c1-14(2)17-15(8-7-9-16(17)19-3)10-13-18-11-5-4-6-12-18;1-13(2)15-11-14(7-8-16(15)18-3)12-17-9-5-4-6-10-17;1-12(2)15-13(7-6-8-14(15)17)11-16-9-4-3-5-10-16/h7-9,14H,4-6,10-13H2,1-3H3;7-8,11,13H,4-6,9-10,12H2,1-3H3;6-8,12,17H,3-5,9-11H2,1-2H3. The Balaban J connectivity index is 0.000000181. The third kappa shape index (κ3) is 13.6. The fourth-order valence-corrected chi connectivity index (χ4v) is 8.57. The maximum Gasteiger partial charge on any atom is 0.122 e. The van der Waals surface area contributed by atoms with E-state index in [2.05, 4.69) is 98.7 Å². The van der Waals surface area contributed by atoms with E-state index in [1.807, 2.05) is 6.07 Å². The van der Waals surface area contributed by atoms with Crippen molar-refractivity contribution in [1.82, 2.24) is 14.7 Å². The topological polar surface area (TPSA) is 48.4 Å². The Labute approximate surface area is 330 Å². The number of phenolic OH excluding ortho intramolecular Hbond substituents is 1. The lowest BCUT2D eigenvalue weighted by molar-refractivity contribution is 0.220. The Morgan fingerprint density at radius 3 is 1.59 bits per heavy atom. The van der Waals surface area contributed by atoms with Crippen molar-refractivity contribution in [3.8, 4) is 17.2 Å². The number of nitrogens with zero attached hydrogens (tertiary/aromatic N) is 3. The maximum atomic E-state index is 9.97. The van der Waals surface area contributed by atoms with Gasteiger partial charge in [-0.3, -0.25) is 9.80 Å². The van der Waals surface area contributed by atoms with E-state index < -0.39 is 0 Å². The summed E-state index contributed by atoms with van der Waals surface area (Å²) in [5.41, 5.74) is 8.01. The molecule has 3 aliphatic rings. The third-order valence-corrected chi connectivity index (χ3v) is 11.5. The highest BCUT2D eigenvalue weighted by molar-refractivity contribution is 5.43. The molecule has 3 saturated heterocycles. The molecule has 0 atom stereocenters. The van der Waals surface area contributed by atoms with Crippen molar-refractivity contribution in [3.05, 3.63) is 88.0 Å². The largest absolute Gasteiger partial charge is 0.508 e. The van der Waals surface area contributed by atoms with Gasteiger partial charge in [0.2, 0.25) is 0 Å². The Kier molecular flexibility index (Phi) is 18.7. The minimum atomic E-state index is 0.385. The van der Waals surface area contributed by atoms with Crippen LogP contribution in [0.4, 0.5) is 0 Å². The molecule has 0 amide bonds. The van der Waals surface area contributed by atoms with E-state index in [0.29, 0.717) is 23.5 Å². The molecule has 0 radical (unpaired) electrons. The second-order valence-electron chi connectivity index (χ2n) is 16.7. The molecule has 6 heteroatoms. The number of methoxy groups -OCH3 is 2. The van der Waals surface area contributed by atoms with Gasteiger partial charge in [0.25, 0.3) is 0 Å². The van der Waals surface area contributed by atoms with Crippen LogP contribution in [0, 0.1) is 0 Å². The molecule has 1 N–H and O–H groups in total. The molecule has 3 aliphatic heterocycles. The van der Waals surface area contributed by atoms with Crippen molar-refractivity contribution in [2.45, 2.75) is 137 Å². The molecule has 3 fully saturated rings. The molecule has 0 saturated carbocycles. The van der Waals surface area contributed by atoms with Gasteiger partial charge in [0.15, 0.2) is 0 Å². The number of hydrogen-bond donors (Lipinski definition) is 1. The summed E-state index contributed by atoms with van der Waals surface area (Å²) >= 11 is 0. The van der Waals surface area contributed by atoms with Gasteiger partial charge in [0.05, 0.1) is 14.2 Å². The predicted molar refractivity (Wildman–Crippen MR) is 229 cm³/mol. The van der Waals surface area contributed by atoms with Gasteiger partial charge in [-0.2, -0.15) is 0 Å². The highest BCUT2D eigenvalue weighted by atomic mass is 16.5. The van der Waals surface area contributed by atoms with Gasteiger partial charge in [0, 0.05) is 25.2 Å². The lowest BCUT2D eigenvalue weighted by atomic mass is 9.94. The van der Waals surface area contributed by atoms with E-state index in [1.54, 1.807) is 20.3 Å².